The highest BCUT2D eigenvalue weighted by atomic mass is 16.6. The summed E-state index contributed by atoms with van der Waals surface area (Å²) in [5.74, 6) is 1.10. The summed E-state index contributed by atoms with van der Waals surface area (Å²) in [6.07, 6.45) is 5.19. The van der Waals surface area contributed by atoms with Gasteiger partial charge in [-0.2, -0.15) is 0 Å². The molecule has 0 aliphatic heterocycles. The maximum Gasteiger partial charge on any atom is 0.407 e. The van der Waals surface area contributed by atoms with Crippen molar-refractivity contribution >= 4 is 6.09 Å². The van der Waals surface area contributed by atoms with Crippen LogP contribution in [0.1, 0.15) is 38.5 Å². The van der Waals surface area contributed by atoms with Crippen LogP contribution in [-0.4, -0.2) is 29.4 Å². The average Bonchev–Trinajstić information content (AvgIpc) is 2.12. The molecule has 4 aliphatic carbocycles. The number of aliphatic hydroxyl groups is 1. The van der Waals surface area contributed by atoms with Gasteiger partial charge < -0.3 is 15.2 Å². The molecule has 2 N–H and O–H groups in total. The normalized spacial score (nSPS) is 49.1. The smallest absolute Gasteiger partial charge is 0.407 e. The van der Waals surface area contributed by atoms with Crippen molar-refractivity contribution in [3.63, 3.8) is 0 Å². The first-order chi connectivity index (χ1) is 7.53. The fourth-order valence-electron chi connectivity index (χ4n) is 4.50. The number of carbonyl (C=O) groups excluding carboxylic acids is 1. The molecule has 4 saturated carbocycles. The maximum atomic E-state index is 11.4. The monoisotopic (exact) mass is 225 g/mol. The van der Waals surface area contributed by atoms with E-state index < -0.39 is 5.60 Å². The Morgan fingerprint density at radius 2 is 1.94 bits per heavy atom. The molecule has 4 bridgehead atoms. The zero-order valence-corrected chi connectivity index (χ0v) is 9.66. The summed E-state index contributed by atoms with van der Waals surface area (Å²) < 4.78 is 5.55. The van der Waals surface area contributed by atoms with Crippen LogP contribution in [0.2, 0.25) is 0 Å². The summed E-state index contributed by atoms with van der Waals surface area (Å²) in [4.78, 5) is 11.4. The van der Waals surface area contributed by atoms with E-state index >= 15 is 0 Å². The first-order valence-electron chi connectivity index (χ1n) is 6.16. The quantitative estimate of drug-likeness (QED) is 0.709. The lowest BCUT2D eigenvalue weighted by atomic mass is 9.52. The summed E-state index contributed by atoms with van der Waals surface area (Å²) in [5.41, 5.74) is -0.934. The van der Waals surface area contributed by atoms with Gasteiger partial charge in [0.15, 0.2) is 0 Å². The summed E-state index contributed by atoms with van der Waals surface area (Å²) in [5, 5.41) is 13.0. The third-order valence-electron chi connectivity index (χ3n) is 4.49. The molecule has 4 nitrogen and oxygen atoms in total. The van der Waals surface area contributed by atoms with E-state index in [2.05, 4.69) is 5.32 Å². The van der Waals surface area contributed by atoms with E-state index in [1.807, 2.05) is 0 Å². The Kier molecular flexibility index (Phi) is 2.03. The lowest BCUT2D eigenvalue weighted by molar-refractivity contribution is -0.198. The molecule has 0 aromatic heterocycles. The van der Waals surface area contributed by atoms with Gasteiger partial charge in [-0.25, -0.2) is 4.79 Å². The van der Waals surface area contributed by atoms with E-state index in [-0.39, 0.29) is 11.7 Å². The van der Waals surface area contributed by atoms with Gasteiger partial charge in [0.1, 0.15) is 5.60 Å². The molecule has 4 heteroatoms. The minimum atomic E-state index is -0.557. The number of carbonyl (C=O) groups is 1. The SMILES string of the molecule is CNC(=O)OC12CC3CC(CC(O)(C3)C1)C2. The van der Waals surface area contributed by atoms with Gasteiger partial charge in [-0.05, 0) is 43.9 Å². The Balaban J connectivity index is 1.83. The fourth-order valence-corrected chi connectivity index (χ4v) is 4.50. The number of hydrogen-bond donors (Lipinski definition) is 2. The number of rotatable bonds is 1. The minimum Gasteiger partial charge on any atom is -0.443 e. The molecule has 0 radical (unpaired) electrons. The second kappa shape index (κ2) is 3.13. The molecule has 4 fully saturated rings. The molecular weight excluding hydrogens is 206 g/mol. The molecule has 0 saturated heterocycles. The Morgan fingerprint density at radius 1 is 1.31 bits per heavy atom. The molecule has 0 heterocycles. The predicted octanol–water partition coefficient (Wildman–Crippen LogP) is 1.43. The van der Waals surface area contributed by atoms with Crippen molar-refractivity contribution in [1.82, 2.24) is 5.32 Å². The molecular formula is C12H19NO3. The van der Waals surface area contributed by atoms with Crippen LogP contribution >= 0.6 is 0 Å². The molecule has 4 rings (SSSR count). The molecule has 0 aromatic carbocycles. The third kappa shape index (κ3) is 1.51. The van der Waals surface area contributed by atoms with Gasteiger partial charge >= 0.3 is 6.09 Å². The third-order valence-corrected chi connectivity index (χ3v) is 4.49. The summed E-state index contributed by atoms with van der Waals surface area (Å²) in [6, 6.07) is 0. The average molecular weight is 225 g/mol. The van der Waals surface area contributed by atoms with Crippen LogP contribution in [0.4, 0.5) is 4.79 Å². The largest absolute Gasteiger partial charge is 0.443 e. The van der Waals surface area contributed by atoms with E-state index in [4.69, 9.17) is 4.74 Å². The molecule has 90 valence electrons. The van der Waals surface area contributed by atoms with E-state index in [0.717, 1.165) is 25.7 Å². The van der Waals surface area contributed by atoms with E-state index in [0.29, 0.717) is 18.3 Å². The first kappa shape index (κ1) is 10.4. The number of amides is 1. The van der Waals surface area contributed by atoms with Crippen LogP contribution in [0.3, 0.4) is 0 Å². The van der Waals surface area contributed by atoms with Gasteiger partial charge in [0.2, 0.25) is 0 Å². The predicted molar refractivity (Wildman–Crippen MR) is 57.9 cm³/mol. The van der Waals surface area contributed by atoms with Gasteiger partial charge in [0, 0.05) is 13.5 Å². The minimum absolute atomic E-state index is 0.356. The van der Waals surface area contributed by atoms with Crippen molar-refractivity contribution < 1.29 is 14.6 Å². The zero-order valence-electron chi connectivity index (χ0n) is 9.66. The van der Waals surface area contributed by atoms with Gasteiger partial charge in [-0.15, -0.1) is 0 Å². The van der Waals surface area contributed by atoms with Crippen molar-refractivity contribution in [1.29, 1.82) is 0 Å². The second-order valence-electron chi connectivity index (χ2n) is 6.01. The molecule has 0 spiro atoms. The molecule has 1 amide bonds. The van der Waals surface area contributed by atoms with Gasteiger partial charge in [0.05, 0.1) is 5.60 Å². The Morgan fingerprint density at radius 3 is 2.44 bits per heavy atom. The zero-order chi connectivity index (χ0) is 11.4. The van der Waals surface area contributed by atoms with E-state index in [9.17, 15) is 9.90 Å². The second-order valence-corrected chi connectivity index (χ2v) is 6.01. The van der Waals surface area contributed by atoms with Crippen LogP contribution in [0.15, 0.2) is 0 Å². The summed E-state index contributed by atoms with van der Waals surface area (Å²) in [6.45, 7) is 0. The number of hydrogen-bond acceptors (Lipinski definition) is 3. The highest BCUT2D eigenvalue weighted by molar-refractivity contribution is 5.67. The highest BCUT2D eigenvalue weighted by Crippen LogP contribution is 2.58. The molecule has 4 aliphatic rings. The van der Waals surface area contributed by atoms with Crippen molar-refractivity contribution in [3.8, 4) is 0 Å². The number of ether oxygens (including phenoxy) is 1. The molecule has 2 atom stereocenters. The fraction of sp³-hybridized carbons (Fsp3) is 0.917. The van der Waals surface area contributed by atoms with Gasteiger partial charge in [0.25, 0.3) is 0 Å². The van der Waals surface area contributed by atoms with Crippen molar-refractivity contribution in [2.75, 3.05) is 7.05 Å². The van der Waals surface area contributed by atoms with Crippen LogP contribution in [0.5, 0.6) is 0 Å². The van der Waals surface area contributed by atoms with Crippen molar-refractivity contribution in [2.24, 2.45) is 11.8 Å². The molecule has 2 unspecified atom stereocenters. The van der Waals surface area contributed by atoms with Crippen molar-refractivity contribution in [3.05, 3.63) is 0 Å². The van der Waals surface area contributed by atoms with Crippen LogP contribution in [0.25, 0.3) is 0 Å². The maximum absolute atomic E-state index is 11.4. The Bertz CT molecular complexity index is 314. The summed E-state index contributed by atoms with van der Waals surface area (Å²) >= 11 is 0. The number of nitrogens with one attached hydrogen (secondary N) is 1. The summed E-state index contributed by atoms with van der Waals surface area (Å²) in [7, 11) is 1.58. The van der Waals surface area contributed by atoms with Crippen LogP contribution < -0.4 is 5.32 Å². The first-order valence-corrected chi connectivity index (χ1v) is 6.16. The molecule has 16 heavy (non-hydrogen) atoms. The van der Waals surface area contributed by atoms with Crippen LogP contribution in [0, 0.1) is 11.8 Å². The molecule has 0 aromatic rings. The Hall–Kier alpha value is -0.770. The standard InChI is InChI=1S/C12H19NO3/c1-13-10(14)16-12-5-8-2-9(6-12)4-11(15,3-8)7-12/h8-9,15H,2-7H2,1H3,(H,13,14). The van der Waals surface area contributed by atoms with E-state index in [1.165, 1.54) is 6.42 Å². The lowest BCUT2D eigenvalue weighted by Crippen LogP contribution is -2.60. The number of alkyl carbamates (subject to hydrolysis) is 1. The lowest BCUT2D eigenvalue weighted by Gasteiger charge is -2.59. The Labute approximate surface area is 95.4 Å². The van der Waals surface area contributed by atoms with Gasteiger partial charge in [-0.1, -0.05) is 0 Å². The van der Waals surface area contributed by atoms with Gasteiger partial charge in [-0.3, -0.25) is 0 Å². The van der Waals surface area contributed by atoms with Crippen molar-refractivity contribution in [2.45, 2.75) is 49.7 Å². The van der Waals surface area contributed by atoms with E-state index in [1.54, 1.807) is 7.05 Å². The topological polar surface area (TPSA) is 58.6 Å². The van der Waals surface area contributed by atoms with Crippen LogP contribution in [-0.2, 0) is 4.74 Å². The highest BCUT2D eigenvalue weighted by Gasteiger charge is 2.59.